The molecule has 1 heterocycles. The van der Waals surface area contributed by atoms with Crippen molar-refractivity contribution >= 4 is 39.4 Å². The Balaban J connectivity index is 2.78. The molecular weight excluding hydrogens is 309 g/mol. The molecule has 7 heteroatoms. The Morgan fingerprint density at radius 2 is 2.24 bits per heavy atom. The maximum atomic E-state index is 11.5. The van der Waals surface area contributed by atoms with E-state index in [4.69, 9.17) is 16.3 Å². The number of hydrogen-bond acceptors (Lipinski definition) is 4. The van der Waals surface area contributed by atoms with Gasteiger partial charge in [0, 0.05) is 0 Å². The van der Waals surface area contributed by atoms with Gasteiger partial charge < -0.3 is 4.74 Å². The third-order valence-electron chi connectivity index (χ3n) is 1.56. The van der Waals surface area contributed by atoms with Crippen molar-refractivity contribution in [1.29, 1.82) is 0 Å². The van der Waals surface area contributed by atoms with Gasteiger partial charge in [0.15, 0.2) is 5.82 Å². The van der Waals surface area contributed by atoms with E-state index in [1.54, 1.807) is 20.8 Å². The number of amides is 1. The summed E-state index contributed by atoms with van der Waals surface area (Å²) >= 11 is 8.88. The van der Waals surface area contributed by atoms with Crippen LogP contribution >= 0.6 is 27.5 Å². The quantitative estimate of drug-likeness (QED) is 0.848. The molecule has 1 N–H and O–H groups in total. The van der Waals surface area contributed by atoms with Crippen LogP contribution in [0.15, 0.2) is 10.8 Å². The van der Waals surface area contributed by atoms with E-state index in [2.05, 4.69) is 31.2 Å². The molecule has 1 rings (SSSR count). The monoisotopic (exact) mass is 321 g/mol. The molecule has 0 fully saturated rings. The largest absolute Gasteiger partial charge is 0.444 e. The molecule has 1 amide bonds. The SMILES string of the molecule is CC(C)(C)OC(=O)Nc1ncc(Br)nc1CCl. The van der Waals surface area contributed by atoms with Crippen LogP contribution in [0.1, 0.15) is 26.5 Å². The number of carbonyl (C=O) groups excluding carboxylic acids is 1. The van der Waals surface area contributed by atoms with Crippen molar-refractivity contribution in [3.05, 3.63) is 16.5 Å². The van der Waals surface area contributed by atoms with Gasteiger partial charge in [0.05, 0.1) is 17.8 Å². The number of nitrogens with zero attached hydrogens (tertiary/aromatic N) is 2. The zero-order chi connectivity index (χ0) is 13.1. The number of rotatable bonds is 2. The minimum absolute atomic E-state index is 0.150. The number of halogens is 2. The van der Waals surface area contributed by atoms with Crippen LogP contribution in [0.3, 0.4) is 0 Å². The third kappa shape index (κ3) is 4.87. The molecule has 17 heavy (non-hydrogen) atoms. The van der Waals surface area contributed by atoms with Crippen LogP contribution in [-0.2, 0) is 10.6 Å². The number of carbonyl (C=O) groups is 1. The highest BCUT2D eigenvalue weighted by Crippen LogP contribution is 2.17. The van der Waals surface area contributed by atoms with Crippen molar-refractivity contribution < 1.29 is 9.53 Å². The molecule has 0 radical (unpaired) electrons. The third-order valence-corrected chi connectivity index (χ3v) is 2.20. The normalized spacial score (nSPS) is 11.1. The van der Waals surface area contributed by atoms with Crippen LogP contribution in [0.2, 0.25) is 0 Å². The molecule has 5 nitrogen and oxygen atoms in total. The van der Waals surface area contributed by atoms with Crippen LogP contribution in [0.25, 0.3) is 0 Å². The fraction of sp³-hybridized carbons (Fsp3) is 0.500. The van der Waals surface area contributed by atoms with Crippen LogP contribution < -0.4 is 5.32 Å². The summed E-state index contributed by atoms with van der Waals surface area (Å²) in [6.07, 6.45) is 0.892. The van der Waals surface area contributed by atoms with Crippen LogP contribution in [-0.4, -0.2) is 21.7 Å². The fourth-order valence-corrected chi connectivity index (χ4v) is 1.50. The summed E-state index contributed by atoms with van der Waals surface area (Å²) in [6, 6.07) is 0. The molecule has 1 aromatic heterocycles. The van der Waals surface area contributed by atoms with Crippen molar-refractivity contribution in [2.24, 2.45) is 0 Å². The van der Waals surface area contributed by atoms with Crippen molar-refractivity contribution in [1.82, 2.24) is 9.97 Å². The first kappa shape index (κ1) is 14.2. The topological polar surface area (TPSA) is 64.1 Å². The Labute approximate surface area is 113 Å². The Morgan fingerprint density at radius 3 is 2.76 bits per heavy atom. The lowest BCUT2D eigenvalue weighted by molar-refractivity contribution is 0.0635. The second-order valence-corrected chi connectivity index (χ2v) is 5.33. The van der Waals surface area contributed by atoms with Gasteiger partial charge in [-0.2, -0.15) is 0 Å². The summed E-state index contributed by atoms with van der Waals surface area (Å²) in [7, 11) is 0. The molecule has 0 saturated carbocycles. The molecular formula is C10H13BrClN3O2. The average molecular weight is 323 g/mol. The summed E-state index contributed by atoms with van der Waals surface area (Å²) in [4.78, 5) is 19.6. The molecule has 0 unspecified atom stereocenters. The van der Waals surface area contributed by atoms with E-state index in [1.807, 2.05) is 0 Å². The maximum Gasteiger partial charge on any atom is 0.413 e. The van der Waals surface area contributed by atoms with Gasteiger partial charge in [0.25, 0.3) is 0 Å². The second-order valence-electron chi connectivity index (χ2n) is 4.25. The van der Waals surface area contributed by atoms with Crippen molar-refractivity contribution in [2.75, 3.05) is 5.32 Å². The maximum absolute atomic E-state index is 11.5. The van der Waals surface area contributed by atoms with Crippen molar-refractivity contribution in [3.8, 4) is 0 Å². The van der Waals surface area contributed by atoms with Gasteiger partial charge in [-0.05, 0) is 36.7 Å². The van der Waals surface area contributed by atoms with Gasteiger partial charge in [-0.1, -0.05) is 0 Å². The van der Waals surface area contributed by atoms with Gasteiger partial charge in [0.2, 0.25) is 0 Å². The van der Waals surface area contributed by atoms with E-state index in [9.17, 15) is 4.79 Å². The van der Waals surface area contributed by atoms with Crippen LogP contribution in [0.4, 0.5) is 10.6 Å². The summed E-state index contributed by atoms with van der Waals surface area (Å²) < 4.78 is 5.66. The zero-order valence-corrected chi connectivity index (χ0v) is 12.1. The van der Waals surface area contributed by atoms with E-state index in [-0.39, 0.29) is 5.88 Å². The van der Waals surface area contributed by atoms with E-state index < -0.39 is 11.7 Å². The molecule has 0 spiro atoms. The lowest BCUT2D eigenvalue weighted by atomic mass is 10.2. The Hall–Kier alpha value is -0.880. The van der Waals surface area contributed by atoms with Crippen LogP contribution in [0.5, 0.6) is 0 Å². The number of ether oxygens (including phenoxy) is 1. The van der Waals surface area contributed by atoms with Gasteiger partial charge >= 0.3 is 6.09 Å². The lowest BCUT2D eigenvalue weighted by Crippen LogP contribution is -2.28. The molecule has 94 valence electrons. The zero-order valence-electron chi connectivity index (χ0n) is 9.75. The highest BCUT2D eigenvalue weighted by molar-refractivity contribution is 9.10. The predicted molar refractivity (Wildman–Crippen MR) is 69.1 cm³/mol. The highest BCUT2D eigenvalue weighted by Gasteiger charge is 2.18. The van der Waals surface area contributed by atoms with Gasteiger partial charge in [0.1, 0.15) is 10.2 Å². The van der Waals surface area contributed by atoms with E-state index in [0.717, 1.165) is 0 Å². The first-order valence-corrected chi connectivity index (χ1v) is 6.22. The number of aromatic nitrogens is 2. The molecule has 0 aliphatic carbocycles. The molecule has 0 aliphatic rings. The molecule has 0 aromatic carbocycles. The second kappa shape index (κ2) is 5.64. The minimum Gasteiger partial charge on any atom is -0.444 e. The van der Waals surface area contributed by atoms with E-state index in [1.165, 1.54) is 6.20 Å². The van der Waals surface area contributed by atoms with E-state index in [0.29, 0.717) is 16.1 Å². The summed E-state index contributed by atoms with van der Waals surface area (Å²) in [6.45, 7) is 5.34. The minimum atomic E-state index is -0.583. The highest BCUT2D eigenvalue weighted by atomic mass is 79.9. The Kier molecular flexibility index (Phi) is 4.70. The number of nitrogens with one attached hydrogen (secondary N) is 1. The van der Waals surface area contributed by atoms with Gasteiger partial charge in [-0.15, -0.1) is 11.6 Å². The summed E-state index contributed by atoms with van der Waals surface area (Å²) in [5, 5.41) is 2.51. The first-order chi connectivity index (χ1) is 7.81. The fourth-order valence-electron chi connectivity index (χ4n) is 1.00. The van der Waals surface area contributed by atoms with Crippen LogP contribution in [0, 0.1) is 0 Å². The molecule has 0 saturated heterocycles. The summed E-state index contributed by atoms with van der Waals surface area (Å²) in [5.41, 5.74) is -0.0829. The van der Waals surface area contributed by atoms with Crippen molar-refractivity contribution in [3.63, 3.8) is 0 Å². The van der Waals surface area contributed by atoms with Gasteiger partial charge in [-0.25, -0.2) is 14.8 Å². The molecule has 0 bridgehead atoms. The number of hydrogen-bond donors (Lipinski definition) is 1. The standard InChI is InChI=1S/C10H13BrClN3O2/c1-10(2,3)17-9(16)15-8-6(4-12)14-7(11)5-13-8/h5H,4H2,1-3H3,(H,13,15,16). The first-order valence-electron chi connectivity index (χ1n) is 4.89. The lowest BCUT2D eigenvalue weighted by Gasteiger charge is -2.19. The smallest absolute Gasteiger partial charge is 0.413 e. The average Bonchev–Trinajstić information content (AvgIpc) is 2.17. The number of alkyl halides is 1. The predicted octanol–water partition coefficient (Wildman–Crippen LogP) is 3.32. The Bertz CT molecular complexity index is 421. The Morgan fingerprint density at radius 1 is 1.59 bits per heavy atom. The van der Waals surface area contributed by atoms with E-state index >= 15 is 0 Å². The molecule has 0 aliphatic heterocycles. The van der Waals surface area contributed by atoms with Gasteiger partial charge in [-0.3, -0.25) is 5.32 Å². The van der Waals surface area contributed by atoms with Crippen molar-refractivity contribution in [2.45, 2.75) is 32.3 Å². The molecule has 0 atom stereocenters. The molecule has 1 aromatic rings. The number of anilines is 1. The summed E-state index contributed by atoms with van der Waals surface area (Å²) in [5.74, 6) is 0.454.